The summed E-state index contributed by atoms with van der Waals surface area (Å²) in [5, 5.41) is 0. The van der Waals surface area contributed by atoms with E-state index in [2.05, 4.69) is 22.5 Å². The molecular formula is C22H34BrNO5. The lowest BCUT2D eigenvalue weighted by Gasteiger charge is -2.49. The highest BCUT2D eigenvalue weighted by atomic mass is 79.9. The van der Waals surface area contributed by atoms with Crippen molar-refractivity contribution in [1.29, 1.82) is 0 Å². The summed E-state index contributed by atoms with van der Waals surface area (Å²) in [6.07, 6.45) is 4.67. The lowest BCUT2D eigenvalue weighted by Crippen LogP contribution is -2.48. The van der Waals surface area contributed by atoms with Gasteiger partial charge in [-0.2, -0.15) is 0 Å². The summed E-state index contributed by atoms with van der Waals surface area (Å²) in [4.78, 5) is 24.3. The van der Waals surface area contributed by atoms with Crippen LogP contribution in [-0.4, -0.2) is 30.9 Å². The molecule has 1 saturated heterocycles. The minimum atomic E-state index is -0.613. The summed E-state index contributed by atoms with van der Waals surface area (Å²) in [5.41, 5.74) is 0.205. The first kappa shape index (κ1) is 25.4. The molecule has 3 heterocycles. The molecule has 2 atom stereocenters. The van der Waals surface area contributed by atoms with Crippen LogP contribution in [0.2, 0.25) is 0 Å². The largest absolute Gasteiger partial charge is 0.491 e. The van der Waals surface area contributed by atoms with E-state index < -0.39 is 12.1 Å². The quantitative estimate of drug-likeness (QED) is 0.463. The number of halogens is 1. The number of carbonyl (C=O) groups is 1. The first-order valence-electron chi connectivity index (χ1n) is 10.3. The molecule has 0 radical (unpaired) electrons. The number of rotatable bonds is 3. The Hall–Kier alpha value is -1.60. The van der Waals surface area contributed by atoms with Crippen LogP contribution in [0.5, 0.6) is 5.75 Å². The molecule has 0 bridgehead atoms. The molecule has 7 heteroatoms. The molecule has 2 aliphatic rings. The Kier molecular flexibility index (Phi) is 10.1. The Labute approximate surface area is 182 Å². The Morgan fingerprint density at radius 1 is 1.31 bits per heavy atom. The number of pyridine rings is 1. The van der Waals surface area contributed by atoms with Crippen molar-refractivity contribution in [2.45, 2.75) is 60.1 Å². The van der Waals surface area contributed by atoms with Crippen molar-refractivity contribution in [2.75, 3.05) is 20.3 Å². The zero-order valence-corrected chi connectivity index (χ0v) is 20.0. The average Bonchev–Trinajstić information content (AvgIpc) is 2.73. The monoisotopic (exact) mass is 471 g/mol. The SMILES string of the molecule is C=CC1C(OC(C)=O)c2c(OC)c(=O)c(Br)cn2CC12CCOCC2.CC.CC. The van der Waals surface area contributed by atoms with Crippen LogP contribution < -0.4 is 10.2 Å². The molecule has 164 valence electrons. The third-order valence-electron chi connectivity index (χ3n) is 5.26. The summed E-state index contributed by atoms with van der Waals surface area (Å²) in [6.45, 7) is 15.4. The first-order chi connectivity index (χ1) is 13.9. The van der Waals surface area contributed by atoms with E-state index in [-0.39, 0.29) is 22.5 Å². The van der Waals surface area contributed by atoms with Crippen molar-refractivity contribution in [3.8, 4) is 5.75 Å². The number of fused-ring (bicyclic) bond motifs is 1. The lowest BCUT2D eigenvalue weighted by molar-refractivity contribution is -0.157. The van der Waals surface area contributed by atoms with Crippen molar-refractivity contribution < 1.29 is 19.0 Å². The fraction of sp³-hybridized carbons (Fsp3) is 0.636. The topological polar surface area (TPSA) is 66.8 Å². The summed E-state index contributed by atoms with van der Waals surface area (Å²) in [7, 11) is 1.45. The van der Waals surface area contributed by atoms with E-state index >= 15 is 0 Å². The Bertz CT molecular complexity index is 752. The molecule has 2 aliphatic heterocycles. The van der Waals surface area contributed by atoms with Crippen LogP contribution in [-0.2, 0) is 20.8 Å². The number of nitrogens with zero attached hydrogens (tertiary/aromatic N) is 1. The maximum absolute atomic E-state index is 12.5. The zero-order valence-electron chi connectivity index (χ0n) is 18.4. The van der Waals surface area contributed by atoms with Gasteiger partial charge in [0.2, 0.25) is 5.43 Å². The number of hydrogen-bond acceptors (Lipinski definition) is 5. The van der Waals surface area contributed by atoms with E-state index in [1.807, 2.05) is 38.3 Å². The highest BCUT2D eigenvalue weighted by Gasteiger charge is 2.50. The minimum Gasteiger partial charge on any atom is -0.491 e. The molecule has 6 nitrogen and oxygen atoms in total. The third-order valence-corrected chi connectivity index (χ3v) is 5.83. The summed E-state index contributed by atoms with van der Waals surface area (Å²) >= 11 is 3.32. The Balaban J connectivity index is 0.000000989. The fourth-order valence-electron chi connectivity index (χ4n) is 4.13. The Morgan fingerprint density at radius 3 is 2.38 bits per heavy atom. The first-order valence-corrected chi connectivity index (χ1v) is 11.1. The Morgan fingerprint density at radius 2 is 1.90 bits per heavy atom. The second kappa shape index (κ2) is 11.6. The van der Waals surface area contributed by atoms with Crippen LogP contribution in [0.1, 0.15) is 59.3 Å². The molecule has 29 heavy (non-hydrogen) atoms. The highest BCUT2D eigenvalue weighted by molar-refractivity contribution is 9.10. The van der Waals surface area contributed by atoms with Gasteiger partial charge in [-0.1, -0.05) is 33.8 Å². The van der Waals surface area contributed by atoms with Crippen LogP contribution in [0, 0.1) is 11.3 Å². The molecule has 1 aromatic heterocycles. The number of methoxy groups -OCH3 is 1. The van der Waals surface area contributed by atoms with Crippen molar-refractivity contribution in [3.63, 3.8) is 0 Å². The summed E-state index contributed by atoms with van der Waals surface area (Å²) in [5.74, 6) is -0.311. The predicted molar refractivity (Wildman–Crippen MR) is 118 cm³/mol. The maximum Gasteiger partial charge on any atom is 0.303 e. The van der Waals surface area contributed by atoms with Gasteiger partial charge in [-0.3, -0.25) is 9.59 Å². The normalized spacial score (nSPS) is 21.5. The van der Waals surface area contributed by atoms with Crippen LogP contribution in [0.15, 0.2) is 28.1 Å². The van der Waals surface area contributed by atoms with Gasteiger partial charge in [-0.25, -0.2) is 0 Å². The lowest BCUT2D eigenvalue weighted by atomic mass is 9.65. The second-order valence-electron chi connectivity index (χ2n) is 6.62. The molecule has 0 aliphatic carbocycles. The van der Waals surface area contributed by atoms with Gasteiger partial charge in [-0.05, 0) is 28.8 Å². The molecule has 2 unspecified atom stereocenters. The molecule has 1 spiro atoms. The van der Waals surface area contributed by atoms with Crippen molar-refractivity contribution in [2.24, 2.45) is 11.3 Å². The van der Waals surface area contributed by atoms with E-state index in [0.29, 0.717) is 29.9 Å². The van der Waals surface area contributed by atoms with Crippen LogP contribution in [0.3, 0.4) is 0 Å². The summed E-state index contributed by atoms with van der Waals surface area (Å²) < 4.78 is 19.0. The molecule has 1 fully saturated rings. The van der Waals surface area contributed by atoms with Crippen molar-refractivity contribution in [1.82, 2.24) is 4.57 Å². The summed E-state index contributed by atoms with van der Waals surface area (Å²) in [6, 6.07) is 0. The molecule has 0 amide bonds. The second-order valence-corrected chi connectivity index (χ2v) is 7.47. The van der Waals surface area contributed by atoms with E-state index in [9.17, 15) is 9.59 Å². The van der Waals surface area contributed by atoms with Crippen molar-refractivity contribution in [3.05, 3.63) is 39.2 Å². The molecule has 0 N–H and O–H groups in total. The van der Waals surface area contributed by atoms with E-state index in [1.54, 1.807) is 6.20 Å². The minimum absolute atomic E-state index is 0.116. The molecular weight excluding hydrogens is 438 g/mol. The van der Waals surface area contributed by atoms with Gasteiger partial charge in [0.1, 0.15) is 5.69 Å². The predicted octanol–water partition coefficient (Wildman–Crippen LogP) is 4.89. The molecule has 1 aromatic rings. The number of hydrogen-bond donors (Lipinski definition) is 0. The van der Waals surface area contributed by atoms with E-state index in [4.69, 9.17) is 14.2 Å². The van der Waals surface area contributed by atoms with Gasteiger partial charge >= 0.3 is 5.97 Å². The standard InChI is InChI=1S/C18H22BrNO5.2C2H6/c1-4-12-16(25-11(2)21)14-17(23-3)15(22)13(19)9-20(14)10-18(12)5-7-24-8-6-18;2*1-2/h4,9,12,16H,1,5-8,10H2,2-3H3;2*1-2H3. The number of carbonyl (C=O) groups excluding carboxylic acids is 1. The maximum atomic E-state index is 12.5. The number of aromatic nitrogens is 1. The van der Waals surface area contributed by atoms with Crippen molar-refractivity contribution >= 4 is 21.9 Å². The van der Waals surface area contributed by atoms with Gasteiger partial charge in [0.15, 0.2) is 11.9 Å². The fourth-order valence-corrected chi connectivity index (χ4v) is 4.55. The molecule has 0 saturated carbocycles. The molecule has 3 rings (SSSR count). The van der Waals surface area contributed by atoms with Gasteiger partial charge in [0, 0.05) is 44.2 Å². The smallest absolute Gasteiger partial charge is 0.303 e. The highest BCUT2D eigenvalue weighted by Crippen LogP contribution is 2.52. The van der Waals surface area contributed by atoms with Crippen LogP contribution >= 0.6 is 15.9 Å². The van der Waals surface area contributed by atoms with Gasteiger partial charge in [0.25, 0.3) is 0 Å². The third kappa shape index (κ3) is 5.12. The number of esters is 1. The van der Waals surface area contributed by atoms with Gasteiger partial charge in [0.05, 0.1) is 11.6 Å². The van der Waals surface area contributed by atoms with Crippen LogP contribution in [0.4, 0.5) is 0 Å². The van der Waals surface area contributed by atoms with E-state index in [1.165, 1.54) is 14.0 Å². The van der Waals surface area contributed by atoms with E-state index in [0.717, 1.165) is 12.8 Å². The van der Waals surface area contributed by atoms with Gasteiger partial charge < -0.3 is 18.8 Å². The van der Waals surface area contributed by atoms with Crippen LogP contribution in [0.25, 0.3) is 0 Å². The van der Waals surface area contributed by atoms with Gasteiger partial charge in [-0.15, -0.1) is 6.58 Å². The zero-order chi connectivity index (χ0) is 22.2. The number of ether oxygens (including phenoxy) is 3. The molecule has 0 aromatic carbocycles. The average molecular weight is 472 g/mol.